The smallest absolute Gasteiger partial charge is 0.337 e. The molecule has 3 aromatic carbocycles. The number of carboxylic acids is 1. The van der Waals surface area contributed by atoms with Crippen molar-refractivity contribution in [3.05, 3.63) is 104 Å². The Bertz CT molecular complexity index is 1490. The highest BCUT2D eigenvalue weighted by molar-refractivity contribution is 6.30. The van der Waals surface area contributed by atoms with E-state index in [1.165, 1.54) is 0 Å². The van der Waals surface area contributed by atoms with Crippen LogP contribution in [-0.2, 0) is 0 Å². The number of halogens is 1. The number of hydrogen-bond donors (Lipinski definition) is 2. The van der Waals surface area contributed by atoms with Gasteiger partial charge in [-0.15, -0.1) is 0 Å². The molecule has 0 spiro atoms. The predicted octanol–water partition coefficient (Wildman–Crippen LogP) is 6.57. The van der Waals surface area contributed by atoms with Crippen molar-refractivity contribution in [1.82, 2.24) is 0 Å². The van der Waals surface area contributed by atoms with Crippen LogP contribution >= 0.6 is 11.6 Å². The molecule has 0 amide bonds. The highest BCUT2D eigenvalue weighted by atomic mass is 35.5. The van der Waals surface area contributed by atoms with Gasteiger partial charge in [0.15, 0.2) is 0 Å². The van der Waals surface area contributed by atoms with Crippen molar-refractivity contribution >= 4 is 47.2 Å². The quantitative estimate of drug-likeness (QED) is 0.414. The molecule has 0 radical (unpaired) electrons. The fourth-order valence-corrected chi connectivity index (χ4v) is 4.53. The van der Waals surface area contributed by atoms with Crippen LogP contribution in [0.1, 0.15) is 58.9 Å². The summed E-state index contributed by atoms with van der Waals surface area (Å²) < 4.78 is 6.49. The van der Waals surface area contributed by atoms with Crippen molar-refractivity contribution in [2.75, 3.05) is 5.32 Å². The third-order valence-corrected chi connectivity index (χ3v) is 6.40. The number of anilines is 1. The Morgan fingerprint density at radius 3 is 2.66 bits per heavy atom. The molecule has 1 unspecified atom stereocenters. The molecule has 0 aliphatic carbocycles. The third kappa shape index (κ3) is 4.89. The number of carbonyl (C=O) groups is 1. The summed E-state index contributed by atoms with van der Waals surface area (Å²) in [6.45, 7) is 14.5. The molecule has 35 heavy (non-hydrogen) atoms. The second-order valence-electron chi connectivity index (χ2n) is 8.72. The van der Waals surface area contributed by atoms with E-state index in [1.807, 2.05) is 38.1 Å². The van der Waals surface area contributed by atoms with Crippen LogP contribution in [0.2, 0.25) is 5.02 Å². The monoisotopic (exact) mass is 485 g/mol. The first-order valence-corrected chi connectivity index (χ1v) is 11.9. The van der Waals surface area contributed by atoms with E-state index in [-0.39, 0.29) is 11.6 Å². The van der Waals surface area contributed by atoms with Gasteiger partial charge >= 0.3 is 5.97 Å². The molecular weight excluding hydrogens is 458 g/mol. The van der Waals surface area contributed by atoms with Crippen molar-refractivity contribution in [2.24, 2.45) is 0 Å². The summed E-state index contributed by atoms with van der Waals surface area (Å²) in [5.41, 5.74) is 5.32. The molecule has 3 aromatic rings. The zero-order valence-electron chi connectivity index (χ0n) is 20.1. The molecule has 0 saturated heterocycles. The van der Waals surface area contributed by atoms with Gasteiger partial charge in [0.25, 0.3) is 0 Å². The molecule has 4 nitrogen and oxygen atoms in total. The maximum absolute atomic E-state index is 11.7. The Morgan fingerprint density at radius 2 is 1.94 bits per heavy atom. The number of carboxylic acid groups (broad SMARTS) is 1. The van der Waals surface area contributed by atoms with Gasteiger partial charge in [0.2, 0.25) is 0 Å². The summed E-state index contributed by atoms with van der Waals surface area (Å²) in [4.78, 5) is 11.7. The van der Waals surface area contributed by atoms with Crippen molar-refractivity contribution in [1.29, 1.82) is 0 Å². The van der Waals surface area contributed by atoms with E-state index in [1.54, 1.807) is 18.2 Å². The van der Waals surface area contributed by atoms with E-state index in [9.17, 15) is 9.90 Å². The summed E-state index contributed by atoms with van der Waals surface area (Å²) in [6.07, 6.45) is 4.88. The van der Waals surface area contributed by atoms with E-state index in [0.29, 0.717) is 22.2 Å². The molecule has 1 aliphatic rings. The highest BCUT2D eigenvalue weighted by Gasteiger charge is 2.24. The molecular formula is C30H28ClNO3. The molecule has 0 fully saturated rings. The highest BCUT2D eigenvalue weighted by Crippen LogP contribution is 2.42. The lowest BCUT2D eigenvalue weighted by Gasteiger charge is -2.27. The third-order valence-electron chi connectivity index (χ3n) is 6.06. The fraction of sp³-hybridized carbons (Fsp3) is 0.167. The van der Waals surface area contributed by atoms with Gasteiger partial charge in [-0.3, -0.25) is 0 Å². The Kier molecular flexibility index (Phi) is 6.86. The van der Waals surface area contributed by atoms with Gasteiger partial charge < -0.3 is 15.2 Å². The summed E-state index contributed by atoms with van der Waals surface area (Å²) >= 11 is 6.50. The summed E-state index contributed by atoms with van der Waals surface area (Å²) in [5.74, 6) is 0.368. The first kappa shape index (κ1) is 24.4. The van der Waals surface area contributed by atoms with Gasteiger partial charge in [-0.05, 0) is 78.3 Å². The number of nitrogens with one attached hydrogen (secondary N) is 1. The van der Waals surface area contributed by atoms with Gasteiger partial charge in [0, 0.05) is 27.4 Å². The molecule has 178 valence electrons. The van der Waals surface area contributed by atoms with Crippen molar-refractivity contribution < 1.29 is 14.6 Å². The second kappa shape index (κ2) is 9.85. The van der Waals surface area contributed by atoms with Gasteiger partial charge in [-0.1, -0.05) is 56.0 Å². The molecule has 0 saturated carbocycles. The minimum absolute atomic E-state index is 0.217. The number of ether oxygens (including phenoxy) is 1. The Morgan fingerprint density at radius 1 is 1.20 bits per heavy atom. The first-order valence-electron chi connectivity index (χ1n) is 11.5. The number of aromatic carboxylic acids is 1. The molecule has 5 heteroatoms. The zero-order chi connectivity index (χ0) is 25.3. The Balaban J connectivity index is 1.77. The van der Waals surface area contributed by atoms with E-state index in [4.69, 9.17) is 16.3 Å². The summed E-state index contributed by atoms with van der Waals surface area (Å²) in [5, 5.41) is 15.3. The van der Waals surface area contributed by atoms with Crippen LogP contribution in [0.3, 0.4) is 0 Å². The van der Waals surface area contributed by atoms with Crippen molar-refractivity contribution in [3.63, 3.8) is 0 Å². The minimum atomic E-state index is -0.980. The molecule has 1 aliphatic heterocycles. The maximum atomic E-state index is 11.7. The van der Waals surface area contributed by atoms with Crippen LogP contribution in [0.25, 0.3) is 24.0 Å². The average molecular weight is 486 g/mol. The van der Waals surface area contributed by atoms with Crippen LogP contribution in [-0.4, -0.2) is 11.1 Å². The van der Waals surface area contributed by atoms with Gasteiger partial charge in [-0.2, -0.15) is 0 Å². The maximum Gasteiger partial charge on any atom is 0.337 e. The lowest BCUT2D eigenvalue weighted by Crippen LogP contribution is -2.25. The molecule has 0 bridgehead atoms. The van der Waals surface area contributed by atoms with E-state index in [2.05, 4.69) is 43.6 Å². The number of allylic oxidation sites excluding steroid dienone is 2. The number of benzene rings is 3. The lowest BCUT2D eigenvalue weighted by molar-refractivity contribution is 0.0698. The van der Waals surface area contributed by atoms with Gasteiger partial charge in [0.05, 0.1) is 11.6 Å². The molecule has 4 rings (SSSR count). The van der Waals surface area contributed by atoms with Crippen molar-refractivity contribution in [2.45, 2.75) is 33.2 Å². The number of rotatable bonds is 6. The SMILES string of the molecule is C=C1C=C(c2cc(Cl)c(=C)/c(=C\CC)c2)Oc2c1cc(C)cc2C(C)Nc1ccccc1C(=O)O. The minimum Gasteiger partial charge on any atom is -0.478 e. The summed E-state index contributed by atoms with van der Waals surface area (Å²) in [6, 6.07) is 14.6. The van der Waals surface area contributed by atoms with E-state index in [0.717, 1.165) is 44.7 Å². The van der Waals surface area contributed by atoms with Crippen LogP contribution in [0.4, 0.5) is 5.69 Å². The van der Waals surface area contributed by atoms with E-state index >= 15 is 0 Å². The molecule has 2 N–H and O–H groups in total. The van der Waals surface area contributed by atoms with Crippen LogP contribution in [0.15, 0.2) is 61.2 Å². The Hall–Kier alpha value is -3.76. The molecule has 0 aromatic heterocycles. The van der Waals surface area contributed by atoms with Gasteiger partial charge in [0.1, 0.15) is 11.5 Å². The van der Waals surface area contributed by atoms with Crippen LogP contribution < -0.4 is 20.5 Å². The van der Waals surface area contributed by atoms with E-state index < -0.39 is 5.97 Å². The molecule has 1 atom stereocenters. The van der Waals surface area contributed by atoms with Crippen molar-refractivity contribution in [3.8, 4) is 5.75 Å². The number of aryl methyl sites for hydroxylation is 1. The largest absolute Gasteiger partial charge is 0.478 e. The predicted molar refractivity (Wildman–Crippen MR) is 145 cm³/mol. The second-order valence-corrected chi connectivity index (χ2v) is 9.13. The normalized spacial score (nSPS) is 14.1. The topological polar surface area (TPSA) is 58.6 Å². The average Bonchev–Trinajstić information content (AvgIpc) is 2.82. The standard InChI is InChI=1S/C30H28ClNO3/c1-6-9-21-15-22(16-26(31)19(21)4)28-14-18(3)24-12-17(2)13-25(29(24)35-28)20(5)32-27-11-8-7-10-23(27)30(33)34/h7-16,20,32H,3-4,6H2,1-2,5H3,(H,33,34)/b21-9-. The number of fused-ring (bicyclic) bond motifs is 1. The van der Waals surface area contributed by atoms with Crippen LogP contribution in [0, 0.1) is 6.92 Å². The Labute approximate surface area is 210 Å². The number of hydrogen-bond acceptors (Lipinski definition) is 3. The fourth-order valence-electron chi connectivity index (χ4n) is 4.30. The number of para-hydroxylation sites is 1. The molecule has 1 heterocycles. The summed E-state index contributed by atoms with van der Waals surface area (Å²) in [7, 11) is 0. The first-order chi connectivity index (χ1) is 16.7. The zero-order valence-corrected chi connectivity index (χ0v) is 20.9. The lowest BCUT2D eigenvalue weighted by atomic mass is 9.93. The van der Waals surface area contributed by atoms with Crippen LogP contribution in [0.5, 0.6) is 5.75 Å². The van der Waals surface area contributed by atoms with Gasteiger partial charge in [-0.25, -0.2) is 4.79 Å².